The van der Waals surface area contributed by atoms with E-state index in [-0.39, 0.29) is 31.1 Å². The summed E-state index contributed by atoms with van der Waals surface area (Å²) in [5.41, 5.74) is -8.09. The number of fused-ring (bicyclic) bond motifs is 1. The van der Waals surface area contributed by atoms with Gasteiger partial charge in [0.25, 0.3) is 0 Å². The minimum absolute atomic E-state index is 0.0252. The molecule has 0 bridgehead atoms. The predicted molar refractivity (Wildman–Crippen MR) is 148 cm³/mol. The molecule has 0 aromatic rings. The van der Waals surface area contributed by atoms with Crippen LogP contribution in [0.3, 0.4) is 0 Å². The lowest BCUT2D eigenvalue weighted by Crippen LogP contribution is -2.55. The first-order valence-corrected chi connectivity index (χ1v) is 14.4. The molecule has 1 unspecified atom stereocenters. The van der Waals surface area contributed by atoms with Crippen LogP contribution in [0.2, 0.25) is 0 Å². The lowest BCUT2D eigenvalue weighted by molar-refractivity contribution is -0.343. The van der Waals surface area contributed by atoms with Gasteiger partial charge < -0.3 is 20.4 Å². The van der Waals surface area contributed by atoms with Gasteiger partial charge in [-0.1, -0.05) is 49.5 Å². The molecule has 10 heteroatoms. The summed E-state index contributed by atoms with van der Waals surface area (Å²) in [5.74, 6) is 2.61. The highest BCUT2D eigenvalue weighted by atomic mass is 19.4. The van der Waals surface area contributed by atoms with Crippen LogP contribution in [0.25, 0.3) is 0 Å². The van der Waals surface area contributed by atoms with Crippen molar-refractivity contribution in [2.24, 2.45) is 22.7 Å². The van der Waals surface area contributed by atoms with Crippen LogP contribution in [0.4, 0.5) is 26.3 Å². The number of allylic oxidation sites excluding steroid dienone is 3. The smallest absolute Gasteiger partial charge is 0.393 e. The van der Waals surface area contributed by atoms with E-state index in [0.29, 0.717) is 32.1 Å². The minimum Gasteiger partial charge on any atom is -0.393 e. The SMILES string of the molecule is [2H]C([2H])([2H])C(O)(CCC[C@@](C)(CC#CC(O)(C(F)(F)F)C(F)(F)F)[C@H]1CCC2/C(=C/C=C3C[C@@H](O)C[C@H](O)C3)CCC[C@@]21C)C([2H])([2H])[2H]. The Balaban J connectivity index is 2.01. The Morgan fingerprint density at radius 2 is 1.60 bits per heavy atom. The number of aliphatic hydroxyl groups is 4. The zero-order chi connectivity index (χ0) is 36.8. The van der Waals surface area contributed by atoms with E-state index in [9.17, 15) is 46.8 Å². The van der Waals surface area contributed by atoms with Gasteiger partial charge in [-0.3, -0.25) is 0 Å². The van der Waals surface area contributed by atoms with E-state index in [1.165, 1.54) is 0 Å². The molecular formula is C32H46F6O4. The van der Waals surface area contributed by atoms with Crippen molar-refractivity contribution in [1.82, 2.24) is 0 Å². The van der Waals surface area contributed by atoms with E-state index < -0.39 is 73.1 Å². The molecular weight excluding hydrogens is 562 g/mol. The second-order valence-corrected chi connectivity index (χ2v) is 13.1. The van der Waals surface area contributed by atoms with Crippen LogP contribution in [-0.2, 0) is 0 Å². The van der Waals surface area contributed by atoms with E-state index in [0.717, 1.165) is 29.9 Å². The number of rotatable bonds is 7. The molecule has 3 aliphatic carbocycles. The molecule has 3 aliphatic rings. The van der Waals surface area contributed by atoms with Crippen LogP contribution in [0.1, 0.15) is 113 Å². The van der Waals surface area contributed by atoms with Crippen LogP contribution in [-0.4, -0.2) is 56.2 Å². The number of alkyl halides is 6. The third-order valence-electron chi connectivity index (χ3n) is 9.75. The van der Waals surface area contributed by atoms with Gasteiger partial charge in [-0.05, 0) is 106 Å². The van der Waals surface area contributed by atoms with Crippen LogP contribution in [0.15, 0.2) is 23.3 Å². The van der Waals surface area contributed by atoms with E-state index >= 15 is 0 Å². The molecule has 4 nitrogen and oxygen atoms in total. The van der Waals surface area contributed by atoms with Crippen LogP contribution >= 0.6 is 0 Å². The fraction of sp³-hybridized carbons (Fsp3) is 0.812. The molecule has 0 amide bonds. The lowest BCUT2D eigenvalue weighted by atomic mass is 9.55. The molecule has 3 rings (SSSR count). The van der Waals surface area contributed by atoms with Gasteiger partial charge in [-0.2, -0.15) is 26.3 Å². The second kappa shape index (κ2) is 12.5. The summed E-state index contributed by atoms with van der Waals surface area (Å²) in [5, 5.41) is 40.6. The zero-order valence-corrected chi connectivity index (χ0v) is 24.0. The Labute approximate surface area is 253 Å². The first-order chi connectivity index (χ1) is 21.6. The van der Waals surface area contributed by atoms with Crippen molar-refractivity contribution < 1.29 is 55.0 Å². The van der Waals surface area contributed by atoms with Crippen molar-refractivity contribution in [2.75, 3.05) is 0 Å². The van der Waals surface area contributed by atoms with Crippen LogP contribution in [0.5, 0.6) is 0 Å². The van der Waals surface area contributed by atoms with Crippen molar-refractivity contribution in [3.63, 3.8) is 0 Å². The quantitative estimate of drug-likeness (QED) is 0.181. The summed E-state index contributed by atoms with van der Waals surface area (Å²) in [7, 11) is 0. The van der Waals surface area contributed by atoms with Gasteiger partial charge in [-0.25, -0.2) is 0 Å². The zero-order valence-electron chi connectivity index (χ0n) is 30.0. The molecule has 240 valence electrons. The normalized spacial score (nSPS) is 34.5. The third kappa shape index (κ3) is 7.75. The number of halogens is 6. The summed E-state index contributed by atoms with van der Waals surface area (Å²) in [6, 6.07) is 0. The Morgan fingerprint density at radius 3 is 2.17 bits per heavy atom. The van der Waals surface area contributed by atoms with Crippen LogP contribution in [0, 0.1) is 34.5 Å². The molecule has 0 radical (unpaired) electrons. The van der Waals surface area contributed by atoms with Gasteiger partial charge in [0.1, 0.15) is 0 Å². The Morgan fingerprint density at radius 1 is 0.976 bits per heavy atom. The summed E-state index contributed by atoms with van der Waals surface area (Å²) < 4.78 is 126. The van der Waals surface area contributed by atoms with Gasteiger partial charge in [0, 0.05) is 14.6 Å². The van der Waals surface area contributed by atoms with Gasteiger partial charge in [-0.15, -0.1) is 0 Å². The van der Waals surface area contributed by atoms with Crippen molar-refractivity contribution in [1.29, 1.82) is 0 Å². The van der Waals surface area contributed by atoms with Crippen molar-refractivity contribution >= 4 is 0 Å². The molecule has 0 aromatic carbocycles. The van der Waals surface area contributed by atoms with Crippen molar-refractivity contribution in [3.05, 3.63) is 23.3 Å². The van der Waals surface area contributed by atoms with Gasteiger partial charge in [0.15, 0.2) is 0 Å². The molecule has 3 saturated carbocycles. The Bertz CT molecular complexity index is 1240. The maximum Gasteiger partial charge on any atom is 0.438 e. The molecule has 0 aliphatic heterocycles. The Hall–Kier alpha value is -1.54. The Kier molecular flexibility index (Phi) is 7.95. The highest BCUT2D eigenvalue weighted by molar-refractivity contribution is 5.27. The highest BCUT2D eigenvalue weighted by Crippen LogP contribution is 2.63. The topological polar surface area (TPSA) is 80.9 Å². The van der Waals surface area contributed by atoms with Crippen molar-refractivity contribution in [3.8, 4) is 11.8 Å². The fourth-order valence-corrected chi connectivity index (χ4v) is 7.73. The number of hydrogen-bond donors (Lipinski definition) is 4. The molecule has 0 spiro atoms. The first-order valence-electron chi connectivity index (χ1n) is 17.4. The molecule has 6 atom stereocenters. The predicted octanol–water partition coefficient (Wildman–Crippen LogP) is 7.16. The van der Waals surface area contributed by atoms with Gasteiger partial charge in [0.2, 0.25) is 0 Å². The second-order valence-electron chi connectivity index (χ2n) is 13.1. The van der Waals surface area contributed by atoms with E-state index in [1.54, 1.807) is 6.92 Å². The number of hydrogen-bond acceptors (Lipinski definition) is 4. The third-order valence-corrected chi connectivity index (χ3v) is 9.75. The molecule has 42 heavy (non-hydrogen) atoms. The molecule has 0 aromatic heterocycles. The summed E-state index contributed by atoms with van der Waals surface area (Å²) in [4.78, 5) is 0. The molecule has 3 fully saturated rings. The monoisotopic (exact) mass is 614 g/mol. The molecule has 0 heterocycles. The average Bonchev–Trinajstić information content (AvgIpc) is 3.27. The number of aliphatic hydroxyl groups excluding tert-OH is 2. The van der Waals surface area contributed by atoms with Gasteiger partial charge in [0.05, 0.1) is 17.8 Å². The summed E-state index contributed by atoms with van der Waals surface area (Å²) >= 11 is 0. The first kappa shape index (κ1) is 26.8. The van der Waals surface area contributed by atoms with E-state index in [2.05, 4.69) is 0 Å². The maximum atomic E-state index is 13.4. The standard InChI is InChI=1S/C32H46F6O4/c1-27(2,41)13-6-14-28(3,15-7-17-30(42,31(33,34)35)32(36,37)38)26-12-11-25-22(8-5-16-29(25,26)4)10-9-21-18-23(39)20-24(40)19-21/h9-10,23-26,39-42H,5-6,8,11-16,18-20H2,1-4H3/b22-10+/t23-,24-,25?,26-,28+,29+/m1/s1/i1D3,2D3. The van der Waals surface area contributed by atoms with E-state index in [4.69, 9.17) is 8.22 Å². The fourth-order valence-electron chi connectivity index (χ4n) is 7.73. The summed E-state index contributed by atoms with van der Waals surface area (Å²) in [6.07, 6.45) is -6.93. The summed E-state index contributed by atoms with van der Waals surface area (Å²) in [6.45, 7) is -3.00. The largest absolute Gasteiger partial charge is 0.438 e. The van der Waals surface area contributed by atoms with Gasteiger partial charge >= 0.3 is 18.0 Å². The lowest BCUT2D eigenvalue weighted by Gasteiger charge is -2.49. The van der Waals surface area contributed by atoms with Crippen molar-refractivity contribution in [2.45, 2.75) is 140 Å². The van der Waals surface area contributed by atoms with E-state index in [1.807, 2.05) is 25.0 Å². The highest BCUT2D eigenvalue weighted by Gasteiger charge is 2.70. The average molecular weight is 615 g/mol. The van der Waals surface area contributed by atoms with Crippen LogP contribution < -0.4 is 0 Å². The molecule has 4 N–H and O–H groups in total. The molecule has 0 saturated heterocycles. The maximum absolute atomic E-state index is 13.4. The minimum atomic E-state index is -6.14.